The van der Waals surface area contributed by atoms with E-state index in [1.807, 2.05) is 13.0 Å². The lowest BCUT2D eigenvalue weighted by molar-refractivity contribution is 0.102. The second-order valence-corrected chi connectivity index (χ2v) is 4.93. The Morgan fingerprint density at radius 1 is 1.61 bits per heavy atom. The van der Waals surface area contributed by atoms with Gasteiger partial charge in [0, 0.05) is 4.88 Å². The molecule has 0 unspecified atom stereocenters. The van der Waals surface area contributed by atoms with E-state index >= 15 is 0 Å². The summed E-state index contributed by atoms with van der Waals surface area (Å²) in [5, 5.41) is 8.97. The van der Waals surface area contributed by atoms with Crippen LogP contribution in [0.15, 0.2) is 6.07 Å². The van der Waals surface area contributed by atoms with Gasteiger partial charge in [-0.3, -0.25) is 10.1 Å². The van der Waals surface area contributed by atoms with Gasteiger partial charge in [0.15, 0.2) is 0 Å². The van der Waals surface area contributed by atoms with E-state index in [0.717, 1.165) is 11.3 Å². The van der Waals surface area contributed by atoms with Gasteiger partial charge < -0.3 is 4.74 Å². The van der Waals surface area contributed by atoms with Crippen molar-refractivity contribution in [2.75, 3.05) is 12.4 Å². The minimum absolute atomic E-state index is 0.193. The van der Waals surface area contributed by atoms with Gasteiger partial charge in [0.1, 0.15) is 0 Å². The zero-order valence-electron chi connectivity index (χ0n) is 10.4. The molecule has 1 amide bonds. The molecule has 0 atom stereocenters. The molecule has 18 heavy (non-hydrogen) atoms. The number of methoxy groups -OCH3 is 1. The summed E-state index contributed by atoms with van der Waals surface area (Å²) >= 11 is 1.47. The van der Waals surface area contributed by atoms with Crippen LogP contribution in [0.2, 0.25) is 0 Å². The number of nitrogens with one attached hydrogen (secondary N) is 2. The summed E-state index contributed by atoms with van der Waals surface area (Å²) in [6.45, 7) is 4.08. The van der Waals surface area contributed by atoms with E-state index in [9.17, 15) is 4.79 Å². The van der Waals surface area contributed by atoms with Crippen molar-refractivity contribution in [2.24, 2.45) is 0 Å². The lowest BCUT2D eigenvalue weighted by Gasteiger charge is -1.96. The maximum atomic E-state index is 12.0. The summed E-state index contributed by atoms with van der Waals surface area (Å²) in [4.78, 5) is 17.7. The standard InChI is InChI=1S/C11H14N4O2S/c1-4-7-5-8(18-6(7)2)9(16)12-10-13-11(17-3)15-14-10/h5H,4H2,1-3H3,(H2,12,13,14,15,16). The number of anilines is 1. The first kappa shape index (κ1) is 12.6. The highest BCUT2D eigenvalue weighted by Crippen LogP contribution is 2.22. The van der Waals surface area contributed by atoms with E-state index in [-0.39, 0.29) is 17.9 Å². The summed E-state index contributed by atoms with van der Waals surface area (Å²) in [6, 6.07) is 2.10. The number of hydrogen-bond donors (Lipinski definition) is 2. The van der Waals surface area contributed by atoms with Crippen LogP contribution in [0.3, 0.4) is 0 Å². The zero-order chi connectivity index (χ0) is 13.1. The van der Waals surface area contributed by atoms with E-state index in [2.05, 4.69) is 27.4 Å². The van der Waals surface area contributed by atoms with Crippen LogP contribution < -0.4 is 10.1 Å². The maximum absolute atomic E-state index is 12.0. The topological polar surface area (TPSA) is 79.9 Å². The van der Waals surface area contributed by atoms with Crippen LogP contribution in [0.1, 0.15) is 27.0 Å². The van der Waals surface area contributed by atoms with Crippen molar-refractivity contribution < 1.29 is 9.53 Å². The minimum atomic E-state index is -0.193. The van der Waals surface area contributed by atoms with E-state index in [0.29, 0.717) is 4.88 Å². The fourth-order valence-corrected chi connectivity index (χ4v) is 2.55. The van der Waals surface area contributed by atoms with Crippen molar-refractivity contribution in [3.05, 3.63) is 21.4 Å². The Hall–Kier alpha value is -1.89. The fraction of sp³-hybridized carbons (Fsp3) is 0.364. The number of H-pyrrole nitrogens is 1. The molecule has 2 N–H and O–H groups in total. The molecule has 0 aliphatic heterocycles. The minimum Gasteiger partial charge on any atom is -0.466 e. The molecule has 2 aromatic rings. The molecule has 0 radical (unpaired) electrons. The van der Waals surface area contributed by atoms with Crippen molar-refractivity contribution in [1.82, 2.24) is 15.2 Å². The van der Waals surface area contributed by atoms with Gasteiger partial charge in [0.25, 0.3) is 5.91 Å². The molecule has 7 heteroatoms. The van der Waals surface area contributed by atoms with E-state index < -0.39 is 0 Å². The lowest BCUT2D eigenvalue weighted by Crippen LogP contribution is -2.11. The first-order chi connectivity index (χ1) is 8.63. The van der Waals surface area contributed by atoms with E-state index in [4.69, 9.17) is 4.74 Å². The van der Waals surface area contributed by atoms with Crippen LogP contribution in [-0.4, -0.2) is 28.2 Å². The van der Waals surface area contributed by atoms with E-state index in [1.54, 1.807) is 0 Å². The third-order valence-electron chi connectivity index (χ3n) is 2.50. The van der Waals surface area contributed by atoms with Crippen LogP contribution in [0, 0.1) is 6.92 Å². The van der Waals surface area contributed by atoms with Crippen molar-refractivity contribution in [3.8, 4) is 6.01 Å². The Kier molecular flexibility index (Phi) is 3.61. The van der Waals surface area contributed by atoms with Crippen LogP contribution in [0.25, 0.3) is 0 Å². The molecule has 0 spiro atoms. The molecule has 0 saturated heterocycles. The molecule has 0 saturated carbocycles. The number of ether oxygens (including phenoxy) is 1. The van der Waals surface area contributed by atoms with E-state index in [1.165, 1.54) is 24.0 Å². The number of nitrogens with zero attached hydrogens (tertiary/aromatic N) is 2. The predicted molar refractivity (Wildman–Crippen MR) is 69.3 cm³/mol. The quantitative estimate of drug-likeness (QED) is 0.887. The van der Waals surface area contributed by atoms with Gasteiger partial charge in [-0.2, -0.15) is 4.98 Å². The van der Waals surface area contributed by atoms with Crippen molar-refractivity contribution in [1.29, 1.82) is 0 Å². The SMILES string of the molecule is CCc1cc(C(=O)Nc2nc(OC)n[nH]2)sc1C. The molecule has 96 valence electrons. The lowest BCUT2D eigenvalue weighted by atomic mass is 10.2. The number of carbonyl (C=O) groups is 1. The number of aryl methyl sites for hydroxylation is 2. The molecule has 2 aromatic heterocycles. The van der Waals surface area contributed by atoms with Gasteiger partial charge in [0.2, 0.25) is 5.95 Å². The van der Waals surface area contributed by atoms with Crippen LogP contribution in [-0.2, 0) is 6.42 Å². The summed E-state index contributed by atoms with van der Waals surface area (Å²) in [6.07, 6.45) is 0.922. The number of aromatic amines is 1. The largest absolute Gasteiger partial charge is 0.466 e. The van der Waals surface area contributed by atoms with Crippen LogP contribution in [0.5, 0.6) is 6.01 Å². The molecule has 6 nitrogen and oxygen atoms in total. The second kappa shape index (κ2) is 5.18. The van der Waals surface area contributed by atoms with Gasteiger partial charge >= 0.3 is 6.01 Å². The summed E-state index contributed by atoms with van der Waals surface area (Å²) in [5.41, 5.74) is 1.19. The Morgan fingerprint density at radius 2 is 2.39 bits per heavy atom. The number of rotatable bonds is 4. The number of amides is 1. The Morgan fingerprint density at radius 3 is 2.94 bits per heavy atom. The number of thiophene rings is 1. The highest BCUT2D eigenvalue weighted by atomic mass is 32.1. The third-order valence-corrected chi connectivity index (χ3v) is 3.60. The fourth-order valence-electron chi connectivity index (χ4n) is 1.55. The highest BCUT2D eigenvalue weighted by molar-refractivity contribution is 7.14. The van der Waals surface area contributed by atoms with Crippen LogP contribution in [0.4, 0.5) is 5.95 Å². The van der Waals surface area contributed by atoms with Gasteiger partial charge in [-0.05, 0) is 25.0 Å². The second-order valence-electron chi connectivity index (χ2n) is 3.67. The molecule has 2 rings (SSSR count). The molecular weight excluding hydrogens is 252 g/mol. The Bertz CT molecular complexity index is 561. The molecule has 0 aromatic carbocycles. The summed E-state index contributed by atoms with van der Waals surface area (Å²) in [7, 11) is 1.46. The first-order valence-electron chi connectivity index (χ1n) is 5.51. The van der Waals surface area contributed by atoms with Gasteiger partial charge in [-0.25, -0.2) is 5.10 Å². The molecule has 0 aliphatic carbocycles. The van der Waals surface area contributed by atoms with Crippen molar-refractivity contribution in [3.63, 3.8) is 0 Å². The molecule has 0 aliphatic rings. The molecule has 0 fully saturated rings. The maximum Gasteiger partial charge on any atom is 0.336 e. The van der Waals surface area contributed by atoms with Gasteiger partial charge in [-0.1, -0.05) is 6.92 Å². The van der Waals surface area contributed by atoms with Crippen molar-refractivity contribution >= 4 is 23.2 Å². The highest BCUT2D eigenvalue weighted by Gasteiger charge is 2.13. The summed E-state index contributed by atoms with van der Waals surface area (Å²) < 4.78 is 4.82. The average molecular weight is 266 g/mol. The first-order valence-corrected chi connectivity index (χ1v) is 6.32. The number of hydrogen-bond acceptors (Lipinski definition) is 5. The average Bonchev–Trinajstić information content (AvgIpc) is 2.95. The van der Waals surface area contributed by atoms with Gasteiger partial charge in [0.05, 0.1) is 12.0 Å². The molecule has 0 bridgehead atoms. The smallest absolute Gasteiger partial charge is 0.336 e. The number of carbonyl (C=O) groups excluding carboxylic acids is 1. The normalized spacial score (nSPS) is 10.4. The monoisotopic (exact) mass is 266 g/mol. The Labute approximate surface area is 108 Å². The molecule has 2 heterocycles. The van der Waals surface area contributed by atoms with Crippen molar-refractivity contribution in [2.45, 2.75) is 20.3 Å². The number of aromatic nitrogens is 3. The Balaban J connectivity index is 2.11. The predicted octanol–water partition coefficient (Wildman–Crippen LogP) is 2.00. The molecular formula is C11H14N4O2S. The van der Waals surface area contributed by atoms with Crippen LogP contribution >= 0.6 is 11.3 Å². The van der Waals surface area contributed by atoms with Gasteiger partial charge in [-0.15, -0.1) is 16.4 Å². The zero-order valence-corrected chi connectivity index (χ0v) is 11.2. The third kappa shape index (κ3) is 2.51. The summed E-state index contributed by atoms with van der Waals surface area (Å²) in [5.74, 6) is 0.0857.